The third-order valence-electron chi connectivity index (χ3n) is 5.39. The van der Waals surface area contributed by atoms with Gasteiger partial charge < -0.3 is 9.88 Å². The number of hydrogen-bond acceptors (Lipinski definition) is 6. The summed E-state index contributed by atoms with van der Waals surface area (Å²) in [5.41, 5.74) is 3.89. The van der Waals surface area contributed by atoms with E-state index in [1.165, 1.54) is 6.20 Å². The van der Waals surface area contributed by atoms with E-state index in [-0.39, 0.29) is 24.4 Å². The third kappa shape index (κ3) is 3.75. The number of carbonyl (C=O) groups excluding carboxylic acids is 1. The van der Waals surface area contributed by atoms with Crippen molar-refractivity contribution in [3.05, 3.63) is 69.2 Å². The van der Waals surface area contributed by atoms with Crippen LogP contribution < -0.4 is 5.56 Å². The minimum absolute atomic E-state index is 0.0760. The number of benzene rings is 1. The van der Waals surface area contributed by atoms with Crippen molar-refractivity contribution in [1.82, 2.24) is 29.5 Å². The molecule has 1 aromatic carbocycles. The Labute approximate surface area is 178 Å². The summed E-state index contributed by atoms with van der Waals surface area (Å²) in [4.78, 5) is 38.2. The van der Waals surface area contributed by atoms with Crippen molar-refractivity contribution in [2.45, 2.75) is 33.2 Å². The minimum atomic E-state index is -0.219. The van der Waals surface area contributed by atoms with E-state index in [1.807, 2.05) is 19.9 Å². The zero-order valence-corrected chi connectivity index (χ0v) is 17.5. The second-order valence-corrected chi connectivity index (χ2v) is 7.45. The van der Waals surface area contributed by atoms with Crippen LogP contribution in [0.25, 0.3) is 16.6 Å². The molecule has 9 nitrogen and oxygen atoms in total. The van der Waals surface area contributed by atoms with Crippen LogP contribution in [0.3, 0.4) is 0 Å². The summed E-state index contributed by atoms with van der Waals surface area (Å²) in [5, 5.41) is 13.9. The average Bonchev–Trinajstić information content (AvgIpc) is 3.16. The van der Waals surface area contributed by atoms with Gasteiger partial charge in [0.25, 0.3) is 5.56 Å². The zero-order valence-electron chi connectivity index (χ0n) is 17.5. The number of hydrogen-bond donors (Lipinski definition) is 1. The van der Waals surface area contributed by atoms with Gasteiger partial charge in [-0.25, -0.2) is 14.5 Å². The predicted octanol–water partition coefficient (Wildman–Crippen LogP) is 2.05. The van der Waals surface area contributed by atoms with Crippen molar-refractivity contribution in [3.8, 4) is 6.07 Å². The lowest BCUT2D eigenvalue weighted by Gasteiger charge is -2.17. The number of aromatic amines is 1. The molecule has 0 saturated heterocycles. The third-order valence-corrected chi connectivity index (χ3v) is 5.39. The Bertz CT molecular complexity index is 1410. The molecule has 0 aliphatic carbocycles. The van der Waals surface area contributed by atoms with Crippen molar-refractivity contribution in [3.63, 3.8) is 0 Å². The van der Waals surface area contributed by atoms with Crippen LogP contribution in [-0.4, -0.2) is 42.4 Å². The maximum absolute atomic E-state index is 12.7. The number of aryl methyl sites for hydroxylation is 2. The van der Waals surface area contributed by atoms with Crippen LogP contribution in [0.4, 0.5) is 0 Å². The Balaban J connectivity index is 1.49. The summed E-state index contributed by atoms with van der Waals surface area (Å²) in [5.74, 6) is 0.364. The molecule has 156 valence electrons. The topological polar surface area (TPSA) is 120 Å². The van der Waals surface area contributed by atoms with Crippen LogP contribution in [-0.2, 0) is 17.8 Å². The van der Waals surface area contributed by atoms with Gasteiger partial charge in [-0.05, 0) is 38.0 Å². The fourth-order valence-electron chi connectivity index (χ4n) is 3.70. The van der Waals surface area contributed by atoms with E-state index in [0.717, 1.165) is 17.0 Å². The number of para-hydroxylation sites is 1. The summed E-state index contributed by atoms with van der Waals surface area (Å²) in [6.07, 6.45) is 2.26. The lowest BCUT2D eigenvalue weighted by molar-refractivity contribution is -0.130. The van der Waals surface area contributed by atoms with Gasteiger partial charge >= 0.3 is 0 Å². The van der Waals surface area contributed by atoms with Gasteiger partial charge in [0.1, 0.15) is 17.5 Å². The summed E-state index contributed by atoms with van der Waals surface area (Å²) in [7, 11) is 1.69. The molecular weight excluding hydrogens is 394 g/mol. The highest BCUT2D eigenvalue weighted by atomic mass is 16.2. The summed E-state index contributed by atoms with van der Waals surface area (Å²) < 4.78 is 1.64. The number of nitriles is 1. The lowest BCUT2D eigenvalue weighted by Crippen LogP contribution is -2.28. The highest BCUT2D eigenvalue weighted by Gasteiger charge is 2.17. The molecular formula is C22H21N7O2. The Morgan fingerprint density at radius 1 is 1.26 bits per heavy atom. The Hall–Kier alpha value is -4.06. The molecule has 9 heteroatoms. The van der Waals surface area contributed by atoms with E-state index < -0.39 is 0 Å². The van der Waals surface area contributed by atoms with Crippen molar-refractivity contribution >= 4 is 22.5 Å². The summed E-state index contributed by atoms with van der Waals surface area (Å²) >= 11 is 0. The number of fused-ring (bicyclic) bond motifs is 2. The number of H-pyrrole nitrogens is 1. The second kappa shape index (κ2) is 7.99. The number of amides is 1. The maximum atomic E-state index is 12.7. The maximum Gasteiger partial charge on any atom is 0.258 e. The molecule has 0 bridgehead atoms. The molecule has 0 saturated carbocycles. The molecule has 0 aliphatic heterocycles. The Morgan fingerprint density at radius 2 is 2.03 bits per heavy atom. The molecule has 0 spiro atoms. The molecule has 4 aromatic rings. The Kier molecular flexibility index (Phi) is 5.21. The van der Waals surface area contributed by atoms with Gasteiger partial charge in [0, 0.05) is 24.9 Å². The van der Waals surface area contributed by atoms with Crippen molar-refractivity contribution in [2.24, 2.45) is 0 Å². The first kappa shape index (κ1) is 20.2. The van der Waals surface area contributed by atoms with Crippen LogP contribution in [0, 0.1) is 25.2 Å². The van der Waals surface area contributed by atoms with E-state index in [0.29, 0.717) is 34.4 Å². The van der Waals surface area contributed by atoms with Gasteiger partial charge in [0.2, 0.25) is 5.91 Å². The SMILES string of the molecule is Cc1nc2c(C#N)cnn2c(C)c1CCC(=O)N(C)Cc1nc2ccccc2c(=O)[nH]1. The van der Waals surface area contributed by atoms with Gasteiger partial charge in [-0.1, -0.05) is 12.1 Å². The van der Waals surface area contributed by atoms with E-state index in [2.05, 4.69) is 26.1 Å². The number of nitrogens with zero attached hydrogens (tertiary/aromatic N) is 6. The average molecular weight is 415 g/mol. The van der Waals surface area contributed by atoms with Crippen LogP contribution in [0.15, 0.2) is 35.3 Å². The molecule has 3 heterocycles. The molecule has 0 atom stereocenters. The molecule has 0 fully saturated rings. The molecule has 1 amide bonds. The van der Waals surface area contributed by atoms with Crippen LogP contribution >= 0.6 is 0 Å². The monoisotopic (exact) mass is 415 g/mol. The van der Waals surface area contributed by atoms with Gasteiger partial charge in [-0.3, -0.25) is 9.59 Å². The first-order valence-electron chi connectivity index (χ1n) is 9.85. The normalized spacial score (nSPS) is 11.0. The smallest absolute Gasteiger partial charge is 0.258 e. The van der Waals surface area contributed by atoms with E-state index in [9.17, 15) is 14.9 Å². The van der Waals surface area contributed by atoms with Crippen molar-refractivity contribution in [1.29, 1.82) is 5.26 Å². The molecule has 0 unspecified atom stereocenters. The van der Waals surface area contributed by atoms with Gasteiger partial charge in [0.15, 0.2) is 5.65 Å². The van der Waals surface area contributed by atoms with Gasteiger partial charge in [0.05, 0.1) is 23.6 Å². The minimum Gasteiger partial charge on any atom is -0.338 e. The summed E-state index contributed by atoms with van der Waals surface area (Å²) in [6, 6.07) is 9.19. The van der Waals surface area contributed by atoms with E-state index in [1.54, 1.807) is 34.7 Å². The second-order valence-electron chi connectivity index (χ2n) is 7.45. The molecule has 31 heavy (non-hydrogen) atoms. The zero-order chi connectivity index (χ0) is 22.1. The Morgan fingerprint density at radius 3 is 2.81 bits per heavy atom. The largest absolute Gasteiger partial charge is 0.338 e. The number of aromatic nitrogens is 5. The molecule has 0 aliphatic rings. The number of rotatable bonds is 5. The van der Waals surface area contributed by atoms with Crippen molar-refractivity contribution < 1.29 is 4.79 Å². The highest BCUT2D eigenvalue weighted by molar-refractivity contribution is 5.78. The first-order valence-corrected chi connectivity index (χ1v) is 9.85. The lowest BCUT2D eigenvalue weighted by atomic mass is 10.1. The summed E-state index contributed by atoms with van der Waals surface area (Å²) in [6.45, 7) is 3.98. The van der Waals surface area contributed by atoms with E-state index in [4.69, 9.17) is 0 Å². The predicted molar refractivity (Wildman–Crippen MR) is 114 cm³/mol. The fraction of sp³-hybridized carbons (Fsp3) is 0.273. The van der Waals surface area contributed by atoms with Gasteiger partial charge in [-0.2, -0.15) is 10.4 Å². The molecule has 4 rings (SSSR count). The fourth-order valence-corrected chi connectivity index (χ4v) is 3.70. The van der Waals surface area contributed by atoms with Crippen LogP contribution in [0.1, 0.15) is 34.8 Å². The highest BCUT2D eigenvalue weighted by Crippen LogP contribution is 2.18. The van der Waals surface area contributed by atoms with Gasteiger partial charge in [-0.15, -0.1) is 0 Å². The standard InChI is InChI=1S/C22H21N7O2/c1-13-16(14(2)29-21(25-13)15(10-23)11-24-29)8-9-20(30)28(3)12-19-26-18-7-5-4-6-17(18)22(31)27-19/h4-7,11H,8-9,12H2,1-3H3,(H,26,27,31). The quantitative estimate of drug-likeness (QED) is 0.533. The van der Waals surface area contributed by atoms with Crippen LogP contribution in [0.2, 0.25) is 0 Å². The van der Waals surface area contributed by atoms with Crippen molar-refractivity contribution in [2.75, 3.05) is 7.05 Å². The number of carbonyl (C=O) groups is 1. The molecule has 1 N–H and O–H groups in total. The first-order chi connectivity index (χ1) is 14.9. The van der Waals surface area contributed by atoms with Crippen LogP contribution in [0.5, 0.6) is 0 Å². The number of nitrogens with one attached hydrogen (secondary N) is 1. The van der Waals surface area contributed by atoms with E-state index >= 15 is 0 Å². The molecule has 3 aromatic heterocycles. The molecule has 0 radical (unpaired) electrons.